The maximum absolute atomic E-state index is 11.7. The van der Waals surface area contributed by atoms with Crippen LogP contribution in [-0.4, -0.2) is 18.7 Å². The van der Waals surface area contributed by atoms with Crippen LogP contribution < -0.4 is 5.73 Å². The van der Waals surface area contributed by atoms with E-state index in [0.29, 0.717) is 5.69 Å². The van der Waals surface area contributed by atoms with Gasteiger partial charge in [0.25, 0.3) is 0 Å². The van der Waals surface area contributed by atoms with E-state index in [4.69, 9.17) is 5.73 Å². The second-order valence-corrected chi connectivity index (χ2v) is 4.88. The summed E-state index contributed by atoms with van der Waals surface area (Å²) in [7, 11) is 0. The quantitative estimate of drug-likeness (QED) is 0.523. The Hall–Kier alpha value is -0.400. The molecule has 1 aromatic carbocycles. The van der Waals surface area contributed by atoms with Gasteiger partial charge in [-0.05, 0) is 18.2 Å². The van der Waals surface area contributed by atoms with Crippen LogP contribution in [0.1, 0.15) is 0 Å². The van der Waals surface area contributed by atoms with E-state index >= 15 is 0 Å². The molecule has 0 saturated carbocycles. The van der Waals surface area contributed by atoms with Crippen molar-refractivity contribution < 1.29 is 17.9 Å². The topological polar surface area (TPSA) is 35.2 Å². The van der Waals surface area contributed by atoms with Crippen LogP contribution in [0, 0.1) is 0 Å². The molecule has 0 amide bonds. The Kier molecular flexibility index (Phi) is 4.94. The van der Waals surface area contributed by atoms with Crippen molar-refractivity contribution in [3.05, 3.63) is 22.7 Å². The van der Waals surface area contributed by atoms with Crippen LogP contribution in [-0.2, 0) is 4.74 Å². The van der Waals surface area contributed by atoms with Crippen molar-refractivity contribution in [2.24, 2.45) is 0 Å². The average Bonchev–Trinajstić information content (AvgIpc) is 2.13. The van der Waals surface area contributed by atoms with Crippen LogP contribution in [0.4, 0.5) is 18.9 Å². The van der Waals surface area contributed by atoms with Gasteiger partial charge >= 0.3 is 6.36 Å². The molecule has 0 radical (unpaired) electrons. The summed E-state index contributed by atoms with van der Waals surface area (Å²) < 4.78 is 39.4. The van der Waals surface area contributed by atoms with Crippen molar-refractivity contribution in [3.8, 4) is 0 Å². The SMILES string of the molecule is Nc1cc(Br)ccc1SCCOC(F)(F)F. The first-order valence-electron chi connectivity index (χ1n) is 4.27. The number of hydrogen-bond acceptors (Lipinski definition) is 3. The maximum Gasteiger partial charge on any atom is 0.522 e. The second-order valence-electron chi connectivity index (χ2n) is 2.82. The molecular formula is C9H9BrF3NOS. The van der Waals surface area contributed by atoms with Crippen LogP contribution >= 0.6 is 27.7 Å². The predicted octanol–water partition coefficient (Wildman–Crippen LogP) is 3.66. The molecule has 2 nitrogen and oxygen atoms in total. The molecule has 0 unspecified atom stereocenters. The number of hydrogen-bond donors (Lipinski definition) is 1. The smallest absolute Gasteiger partial charge is 0.398 e. The molecule has 2 N–H and O–H groups in total. The molecule has 0 fully saturated rings. The van der Waals surface area contributed by atoms with Gasteiger partial charge in [0.2, 0.25) is 0 Å². The highest BCUT2D eigenvalue weighted by Crippen LogP contribution is 2.28. The van der Waals surface area contributed by atoms with Gasteiger partial charge in [0.1, 0.15) is 0 Å². The van der Waals surface area contributed by atoms with E-state index in [0.717, 1.165) is 9.37 Å². The first kappa shape index (κ1) is 13.7. The maximum atomic E-state index is 11.7. The third-order valence-corrected chi connectivity index (χ3v) is 3.13. The molecule has 0 aliphatic carbocycles. The fourth-order valence-electron chi connectivity index (χ4n) is 0.960. The van der Waals surface area contributed by atoms with Crippen molar-refractivity contribution in [2.75, 3.05) is 18.1 Å². The van der Waals surface area contributed by atoms with Gasteiger partial charge in [-0.3, -0.25) is 4.74 Å². The summed E-state index contributed by atoms with van der Waals surface area (Å²) in [5, 5.41) is 0. The highest BCUT2D eigenvalue weighted by molar-refractivity contribution is 9.10. The molecule has 0 atom stereocenters. The largest absolute Gasteiger partial charge is 0.522 e. The molecule has 90 valence electrons. The van der Waals surface area contributed by atoms with Crippen LogP contribution in [0.3, 0.4) is 0 Å². The Morgan fingerprint density at radius 3 is 2.62 bits per heavy atom. The zero-order valence-corrected chi connectivity index (χ0v) is 10.5. The molecule has 0 aliphatic rings. The molecule has 7 heteroatoms. The molecule has 0 aliphatic heterocycles. The number of thioether (sulfide) groups is 1. The first-order valence-corrected chi connectivity index (χ1v) is 6.05. The summed E-state index contributed by atoms with van der Waals surface area (Å²) in [4.78, 5) is 0.744. The van der Waals surface area contributed by atoms with Crippen molar-refractivity contribution in [1.29, 1.82) is 0 Å². The number of alkyl halides is 3. The molecule has 0 aromatic heterocycles. The summed E-state index contributed by atoms with van der Waals surface area (Å²) >= 11 is 4.47. The minimum absolute atomic E-state index is 0.200. The number of benzene rings is 1. The Bertz CT molecular complexity index is 359. The van der Waals surface area contributed by atoms with Gasteiger partial charge < -0.3 is 5.73 Å². The highest BCUT2D eigenvalue weighted by Gasteiger charge is 2.28. The number of halogens is 4. The van der Waals surface area contributed by atoms with Crippen molar-refractivity contribution in [2.45, 2.75) is 11.3 Å². The number of anilines is 1. The molecular weight excluding hydrogens is 307 g/mol. The molecule has 0 spiro atoms. The van der Waals surface area contributed by atoms with Gasteiger partial charge in [-0.15, -0.1) is 24.9 Å². The molecule has 0 bridgehead atoms. The molecule has 16 heavy (non-hydrogen) atoms. The van der Waals surface area contributed by atoms with E-state index < -0.39 is 6.36 Å². The minimum Gasteiger partial charge on any atom is -0.398 e. The summed E-state index contributed by atoms with van der Waals surface area (Å²) in [5.41, 5.74) is 6.21. The summed E-state index contributed by atoms with van der Waals surface area (Å²) in [5.74, 6) is 0.200. The van der Waals surface area contributed by atoms with Crippen LogP contribution in [0.5, 0.6) is 0 Å². The average molecular weight is 316 g/mol. The monoisotopic (exact) mass is 315 g/mol. The Balaban J connectivity index is 2.38. The van der Waals surface area contributed by atoms with E-state index in [-0.39, 0.29) is 12.4 Å². The second kappa shape index (κ2) is 5.79. The van der Waals surface area contributed by atoms with Gasteiger partial charge in [-0.1, -0.05) is 15.9 Å². The molecule has 1 rings (SSSR count). The van der Waals surface area contributed by atoms with E-state index in [1.54, 1.807) is 18.2 Å². The van der Waals surface area contributed by atoms with Gasteiger partial charge in [0.15, 0.2) is 0 Å². The fourth-order valence-corrected chi connectivity index (χ4v) is 2.12. The number of nitrogen functional groups attached to an aromatic ring is 1. The first-order chi connectivity index (χ1) is 7.38. The lowest BCUT2D eigenvalue weighted by Gasteiger charge is -2.08. The standard InChI is InChI=1S/C9H9BrF3NOS/c10-6-1-2-8(7(14)5-6)16-4-3-15-9(11,12)13/h1-2,5H,3-4,14H2. The third kappa shape index (κ3) is 5.09. The summed E-state index contributed by atoms with van der Waals surface area (Å²) in [6.07, 6.45) is -4.56. The fraction of sp³-hybridized carbons (Fsp3) is 0.333. The zero-order chi connectivity index (χ0) is 12.2. The van der Waals surface area contributed by atoms with Gasteiger partial charge in [0, 0.05) is 20.8 Å². The van der Waals surface area contributed by atoms with Gasteiger partial charge in [-0.2, -0.15) is 0 Å². The van der Waals surface area contributed by atoms with Crippen LogP contribution in [0.25, 0.3) is 0 Å². The van der Waals surface area contributed by atoms with E-state index in [1.807, 2.05) is 0 Å². The number of nitrogens with two attached hydrogens (primary N) is 1. The molecule has 0 saturated heterocycles. The Morgan fingerprint density at radius 1 is 1.38 bits per heavy atom. The van der Waals surface area contributed by atoms with E-state index in [9.17, 15) is 13.2 Å². The van der Waals surface area contributed by atoms with Crippen molar-refractivity contribution in [1.82, 2.24) is 0 Å². The third-order valence-electron chi connectivity index (χ3n) is 1.58. The van der Waals surface area contributed by atoms with Crippen molar-refractivity contribution >= 4 is 33.4 Å². The van der Waals surface area contributed by atoms with Crippen molar-refractivity contribution in [3.63, 3.8) is 0 Å². The van der Waals surface area contributed by atoms with E-state index in [1.165, 1.54) is 11.8 Å². The summed E-state index contributed by atoms with van der Waals surface area (Å²) in [6.45, 7) is -0.385. The lowest BCUT2D eigenvalue weighted by Crippen LogP contribution is -2.15. The zero-order valence-electron chi connectivity index (χ0n) is 8.05. The number of ether oxygens (including phenoxy) is 1. The van der Waals surface area contributed by atoms with E-state index in [2.05, 4.69) is 20.7 Å². The lowest BCUT2D eigenvalue weighted by atomic mass is 10.3. The number of rotatable bonds is 4. The van der Waals surface area contributed by atoms with Crippen LogP contribution in [0.15, 0.2) is 27.6 Å². The summed E-state index contributed by atoms with van der Waals surface area (Å²) in [6, 6.07) is 5.23. The Morgan fingerprint density at radius 2 is 2.06 bits per heavy atom. The molecule has 1 aromatic rings. The predicted molar refractivity (Wildman–Crippen MR) is 61.3 cm³/mol. The minimum atomic E-state index is -4.56. The lowest BCUT2D eigenvalue weighted by molar-refractivity contribution is -0.322. The molecule has 0 heterocycles. The Labute approximate surface area is 103 Å². The normalized spacial score (nSPS) is 11.8. The van der Waals surface area contributed by atoms with Crippen LogP contribution in [0.2, 0.25) is 0 Å². The van der Waals surface area contributed by atoms with Gasteiger partial charge in [0.05, 0.1) is 6.61 Å². The highest BCUT2D eigenvalue weighted by atomic mass is 79.9. The van der Waals surface area contributed by atoms with Gasteiger partial charge in [-0.25, -0.2) is 0 Å².